The number of hydrogen-bond donors (Lipinski definition) is 3. The van der Waals surface area contributed by atoms with E-state index >= 15 is 0 Å². The molecule has 2 heterocycles. The molecule has 0 bridgehead atoms. The van der Waals surface area contributed by atoms with Crippen molar-refractivity contribution in [2.24, 2.45) is 11.8 Å². The summed E-state index contributed by atoms with van der Waals surface area (Å²) in [6, 6.07) is 2.39. The number of amides is 2. The third-order valence-electron chi connectivity index (χ3n) is 7.01. The largest absolute Gasteiger partial charge is 0.481 e. The van der Waals surface area contributed by atoms with Crippen molar-refractivity contribution in [1.29, 1.82) is 0 Å². The number of halogens is 3. The third-order valence-corrected chi connectivity index (χ3v) is 7.01. The molecule has 0 aromatic heterocycles. The Hall–Kier alpha value is -2.95. The molecule has 2 amide bonds. The average Bonchev–Trinajstić information content (AvgIpc) is 3.22. The van der Waals surface area contributed by atoms with E-state index < -0.39 is 71.4 Å². The molecule has 4 unspecified atom stereocenters. The minimum absolute atomic E-state index is 0.0278. The summed E-state index contributed by atoms with van der Waals surface area (Å²) < 4.78 is 39.9. The Bertz CT molecular complexity index is 1010. The third kappa shape index (κ3) is 3.77. The average molecular weight is 468 g/mol. The van der Waals surface area contributed by atoms with E-state index in [4.69, 9.17) is 0 Å². The maximum absolute atomic E-state index is 13.5. The van der Waals surface area contributed by atoms with Crippen molar-refractivity contribution >= 4 is 23.8 Å². The lowest BCUT2D eigenvalue weighted by molar-refractivity contribution is -0.156. The zero-order valence-corrected chi connectivity index (χ0v) is 17.5. The quantitative estimate of drug-likeness (QED) is 0.568. The standard InChI is InChI=1S/C22H23F3N2O6/c23-22(24,25)12-6-4-5-11(9-12)17-15-16(21(26-17,20(32)33)10-14(28)29)19(31)27(18(15)30)13-7-2-1-3-8-13/h4-6,9,13,15-17,26H,1-3,7-8,10H2,(H,28,29)(H,32,33). The van der Waals surface area contributed by atoms with E-state index in [-0.39, 0.29) is 5.56 Å². The van der Waals surface area contributed by atoms with Crippen LogP contribution in [0.1, 0.15) is 55.7 Å². The molecule has 0 radical (unpaired) electrons. The monoisotopic (exact) mass is 468 g/mol. The van der Waals surface area contributed by atoms with Gasteiger partial charge in [0.2, 0.25) is 11.8 Å². The highest BCUT2D eigenvalue weighted by molar-refractivity contribution is 6.10. The Labute approximate surface area is 186 Å². The van der Waals surface area contributed by atoms with Crippen molar-refractivity contribution in [1.82, 2.24) is 10.2 Å². The van der Waals surface area contributed by atoms with Crippen LogP contribution < -0.4 is 5.32 Å². The van der Waals surface area contributed by atoms with Crippen molar-refractivity contribution in [2.45, 2.75) is 62.3 Å². The van der Waals surface area contributed by atoms with Gasteiger partial charge in [0.25, 0.3) is 0 Å². The topological polar surface area (TPSA) is 124 Å². The predicted octanol–water partition coefficient (Wildman–Crippen LogP) is 2.58. The van der Waals surface area contributed by atoms with E-state index in [2.05, 4.69) is 5.32 Å². The Morgan fingerprint density at radius 2 is 1.76 bits per heavy atom. The number of carboxylic acid groups (broad SMARTS) is 2. The lowest BCUT2D eigenvalue weighted by Crippen LogP contribution is -2.57. The number of aliphatic carboxylic acids is 2. The Morgan fingerprint density at radius 1 is 1.09 bits per heavy atom. The van der Waals surface area contributed by atoms with Crippen LogP contribution in [0.3, 0.4) is 0 Å². The van der Waals surface area contributed by atoms with Crippen LogP contribution in [-0.4, -0.2) is 50.4 Å². The molecule has 3 fully saturated rings. The molecule has 4 rings (SSSR count). The van der Waals surface area contributed by atoms with Gasteiger partial charge in [-0.1, -0.05) is 31.4 Å². The normalized spacial score (nSPS) is 30.5. The maximum atomic E-state index is 13.5. The molecule has 2 saturated heterocycles. The molecule has 0 spiro atoms. The molecule has 8 nitrogen and oxygen atoms in total. The Balaban J connectivity index is 1.83. The Morgan fingerprint density at radius 3 is 2.33 bits per heavy atom. The summed E-state index contributed by atoms with van der Waals surface area (Å²) in [5, 5.41) is 22.0. The van der Waals surface area contributed by atoms with Crippen LogP contribution in [0.4, 0.5) is 13.2 Å². The summed E-state index contributed by atoms with van der Waals surface area (Å²) in [6.45, 7) is 0. The van der Waals surface area contributed by atoms with Crippen molar-refractivity contribution in [3.63, 3.8) is 0 Å². The molecule has 1 aliphatic carbocycles. The number of likely N-dealkylation sites (tertiary alicyclic amines) is 1. The van der Waals surface area contributed by atoms with Crippen molar-refractivity contribution < 1.29 is 42.6 Å². The molecule has 4 atom stereocenters. The van der Waals surface area contributed by atoms with Gasteiger partial charge in [-0.05, 0) is 30.5 Å². The molecular weight excluding hydrogens is 445 g/mol. The molecule has 1 aromatic carbocycles. The molecule has 1 saturated carbocycles. The smallest absolute Gasteiger partial charge is 0.416 e. The fourth-order valence-corrected chi connectivity index (χ4v) is 5.59. The van der Waals surface area contributed by atoms with E-state index in [1.54, 1.807) is 0 Å². The van der Waals surface area contributed by atoms with Crippen molar-refractivity contribution in [3.8, 4) is 0 Å². The number of alkyl halides is 3. The zero-order chi connectivity index (χ0) is 24.1. The second-order valence-corrected chi connectivity index (χ2v) is 8.93. The van der Waals surface area contributed by atoms with Gasteiger partial charge in [-0.15, -0.1) is 0 Å². The minimum Gasteiger partial charge on any atom is -0.481 e. The fourth-order valence-electron chi connectivity index (χ4n) is 5.59. The molecule has 3 aliphatic rings. The lowest BCUT2D eigenvalue weighted by Gasteiger charge is -2.34. The first-order valence-electron chi connectivity index (χ1n) is 10.7. The van der Waals surface area contributed by atoms with E-state index in [1.165, 1.54) is 6.07 Å². The Kier molecular flexibility index (Phi) is 5.71. The number of benzene rings is 1. The molecule has 1 aromatic rings. The first-order valence-corrected chi connectivity index (χ1v) is 10.7. The van der Waals surface area contributed by atoms with E-state index in [9.17, 15) is 42.6 Å². The van der Waals surface area contributed by atoms with Gasteiger partial charge in [0.1, 0.15) is 5.54 Å². The predicted molar refractivity (Wildman–Crippen MR) is 106 cm³/mol. The number of carboxylic acids is 2. The van der Waals surface area contributed by atoms with Gasteiger partial charge in [0.15, 0.2) is 0 Å². The summed E-state index contributed by atoms with van der Waals surface area (Å²) in [7, 11) is 0. The molecule has 11 heteroatoms. The molecule has 178 valence electrons. The van der Waals surface area contributed by atoms with Gasteiger partial charge in [0, 0.05) is 12.1 Å². The van der Waals surface area contributed by atoms with Gasteiger partial charge in [-0.3, -0.25) is 29.4 Å². The van der Waals surface area contributed by atoms with Crippen LogP contribution in [0.15, 0.2) is 24.3 Å². The number of imide groups is 1. The highest BCUT2D eigenvalue weighted by Gasteiger charge is 2.69. The number of nitrogens with zero attached hydrogens (tertiary/aromatic N) is 1. The van der Waals surface area contributed by atoms with Crippen molar-refractivity contribution in [2.75, 3.05) is 0 Å². The summed E-state index contributed by atoms with van der Waals surface area (Å²) in [4.78, 5) is 51.9. The number of fused-ring (bicyclic) bond motifs is 1. The van der Waals surface area contributed by atoms with E-state index in [1.807, 2.05) is 0 Å². The summed E-state index contributed by atoms with van der Waals surface area (Å²) in [6.07, 6.45) is -2.07. The zero-order valence-electron chi connectivity index (χ0n) is 17.5. The van der Waals surface area contributed by atoms with Crippen LogP contribution in [0, 0.1) is 11.8 Å². The molecular formula is C22H23F3N2O6. The van der Waals surface area contributed by atoms with Crippen LogP contribution >= 0.6 is 0 Å². The van der Waals surface area contributed by atoms with Crippen LogP contribution in [0.25, 0.3) is 0 Å². The summed E-state index contributed by atoms with van der Waals surface area (Å²) >= 11 is 0. The first-order chi connectivity index (χ1) is 15.5. The van der Waals surface area contributed by atoms with Gasteiger partial charge in [0.05, 0.1) is 23.8 Å². The minimum atomic E-state index is -4.68. The maximum Gasteiger partial charge on any atom is 0.416 e. The molecule has 33 heavy (non-hydrogen) atoms. The van der Waals surface area contributed by atoms with Crippen molar-refractivity contribution in [3.05, 3.63) is 35.4 Å². The molecule has 2 aliphatic heterocycles. The van der Waals surface area contributed by atoms with E-state index in [0.717, 1.165) is 42.4 Å². The number of hydrogen-bond acceptors (Lipinski definition) is 5. The second-order valence-electron chi connectivity index (χ2n) is 8.93. The number of nitrogens with one attached hydrogen (secondary N) is 1. The van der Waals surface area contributed by atoms with Crippen LogP contribution in [0.2, 0.25) is 0 Å². The lowest BCUT2D eigenvalue weighted by atomic mass is 9.77. The van der Waals surface area contributed by atoms with E-state index in [0.29, 0.717) is 12.8 Å². The number of rotatable bonds is 5. The first kappa shape index (κ1) is 23.2. The van der Waals surface area contributed by atoms with Crippen LogP contribution in [0.5, 0.6) is 0 Å². The van der Waals surface area contributed by atoms with Gasteiger partial charge in [-0.25, -0.2) is 0 Å². The fraction of sp³-hybridized carbons (Fsp3) is 0.545. The second kappa shape index (κ2) is 8.12. The molecule has 3 N–H and O–H groups in total. The van der Waals surface area contributed by atoms with Gasteiger partial charge >= 0.3 is 18.1 Å². The van der Waals surface area contributed by atoms with Crippen LogP contribution in [-0.2, 0) is 25.4 Å². The number of carbonyl (C=O) groups is 4. The van der Waals surface area contributed by atoms with Gasteiger partial charge in [-0.2, -0.15) is 13.2 Å². The summed E-state index contributed by atoms with van der Waals surface area (Å²) in [5.41, 5.74) is -3.35. The SMILES string of the molecule is O=C(O)CC1(C(=O)O)NC(c2cccc(C(F)(F)F)c2)C2C(=O)N(C3CCCCC3)C(=O)C21. The highest BCUT2D eigenvalue weighted by Crippen LogP contribution is 2.51. The summed E-state index contributed by atoms with van der Waals surface area (Å²) in [5.74, 6) is -7.45. The van der Waals surface area contributed by atoms with Gasteiger partial charge < -0.3 is 10.2 Å². The highest BCUT2D eigenvalue weighted by atomic mass is 19.4. The number of carbonyl (C=O) groups excluding carboxylic acids is 2.